The Balaban J connectivity index is 1.87. The number of aromatic nitrogens is 1. The minimum atomic E-state index is -3.76. The molecule has 5 nitrogen and oxygen atoms in total. The van der Waals surface area contributed by atoms with E-state index in [9.17, 15) is 13.5 Å². The van der Waals surface area contributed by atoms with Gasteiger partial charge in [0.1, 0.15) is 11.6 Å². The Morgan fingerprint density at radius 1 is 0.962 bits per heavy atom. The van der Waals surface area contributed by atoms with Crippen molar-refractivity contribution in [1.29, 1.82) is 0 Å². The van der Waals surface area contributed by atoms with Crippen LogP contribution in [0, 0.1) is 18.8 Å². The van der Waals surface area contributed by atoms with Crippen LogP contribution in [0.2, 0.25) is 0 Å². The van der Waals surface area contributed by atoms with Crippen LogP contribution in [0.25, 0.3) is 0 Å². The van der Waals surface area contributed by atoms with Gasteiger partial charge in [0, 0.05) is 17.3 Å². The summed E-state index contributed by atoms with van der Waals surface area (Å²) in [5.74, 6) is 6.33. The van der Waals surface area contributed by atoms with Gasteiger partial charge in [-0.25, -0.2) is 13.4 Å². The molecule has 0 radical (unpaired) electrons. The molecule has 26 heavy (non-hydrogen) atoms. The Labute approximate surface area is 152 Å². The molecule has 1 aromatic heterocycles. The maximum absolute atomic E-state index is 12.6. The second-order valence-electron chi connectivity index (χ2n) is 5.60. The molecule has 2 aromatic carbocycles. The smallest absolute Gasteiger partial charge is 0.263 e. The molecule has 0 atom stereocenters. The number of nitrogens with one attached hydrogen (secondary N) is 1. The van der Waals surface area contributed by atoms with Gasteiger partial charge >= 0.3 is 0 Å². The van der Waals surface area contributed by atoms with Gasteiger partial charge < -0.3 is 5.11 Å². The van der Waals surface area contributed by atoms with E-state index in [0.717, 1.165) is 11.1 Å². The number of hydrogen-bond donors (Lipinski definition) is 2. The van der Waals surface area contributed by atoms with E-state index in [0.29, 0.717) is 11.4 Å². The first-order valence-electron chi connectivity index (χ1n) is 7.80. The van der Waals surface area contributed by atoms with Crippen molar-refractivity contribution in [1.82, 2.24) is 4.98 Å². The summed E-state index contributed by atoms with van der Waals surface area (Å²) in [6, 6.07) is 16.4. The predicted octanol–water partition coefficient (Wildman–Crippen LogP) is 3.30. The van der Waals surface area contributed by atoms with Crippen molar-refractivity contribution in [3.8, 4) is 17.6 Å². The zero-order chi connectivity index (χ0) is 18.6. The highest BCUT2D eigenvalue weighted by molar-refractivity contribution is 7.92. The first-order valence-corrected chi connectivity index (χ1v) is 9.28. The van der Waals surface area contributed by atoms with Crippen LogP contribution in [0.1, 0.15) is 16.7 Å². The molecule has 0 aliphatic carbocycles. The van der Waals surface area contributed by atoms with Gasteiger partial charge in [0.25, 0.3) is 10.0 Å². The van der Waals surface area contributed by atoms with E-state index in [1.807, 2.05) is 0 Å². The van der Waals surface area contributed by atoms with Crippen LogP contribution >= 0.6 is 0 Å². The summed E-state index contributed by atoms with van der Waals surface area (Å²) in [7, 11) is -3.76. The van der Waals surface area contributed by atoms with Gasteiger partial charge in [0.05, 0.1) is 4.90 Å². The van der Waals surface area contributed by atoms with E-state index in [1.54, 1.807) is 55.5 Å². The van der Waals surface area contributed by atoms with E-state index in [-0.39, 0.29) is 10.6 Å². The molecule has 3 aromatic rings. The Hall–Kier alpha value is -3.30. The lowest BCUT2D eigenvalue weighted by molar-refractivity contribution is 0.475. The third-order valence-corrected chi connectivity index (χ3v) is 4.94. The third kappa shape index (κ3) is 4.21. The number of aromatic hydroxyl groups is 1. The van der Waals surface area contributed by atoms with E-state index in [4.69, 9.17) is 0 Å². The number of sulfonamides is 1. The first kappa shape index (κ1) is 17.5. The maximum atomic E-state index is 12.6. The van der Waals surface area contributed by atoms with Crippen molar-refractivity contribution >= 4 is 15.8 Å². The largest absolute Gasteiger partial charge is 0.508 e. The Kier molecular flexibility index (Phi) is 4.92. The number of nitrogens with zero attached hydrogens (tertiary/aromatic N) is 1. The minimum absolute atomic E-state index is 0.111. The van der Waals surface area contributed by atoms with E-state index < -0.39 is 10.0 Å². The highest BCUT2D eigenvalue weighted by Crippen LogP contribution is 2.18. The summed E-state index contributed by atoms with van der Waals surface area (Å²) >= 11 is 0. The number of rotatable bonds is 3. The Morgan fingerprint density at radius 2 is 1.69 bits per heavy atom. The van der Waals surface area contributed by atoms with E-state index in [1.165, 1.54) is 18.3 Å². The number of phenols is 1. The molecule has 0 aliphatic rings. The summed E-state index contributed by atoms with van der Waals surface area (Å²) in [5, 5.41) is 9.28. The topological polar surface area (TPSA) is 79.3 Å². The molecular formula is C20H16N2O3S. The van der Waals surface area contributed by atoms with Gasteiger partial charge in [-0.15, -0.1) is 0 Å². The van der Waals surface area contributed by atoms with Crippen LogP contribution in [-0.4, -0.2) is 18.5 Å². The fourth-order valence-electron chi connectivity index (χ4n) is 2.21. The van der Waals surface area contributed by atoms with Crippen molar-refractivity contribution in [2.75, 3.05) is 4.72 Å². The van der Waals surface area contributed by atoms with Crippen LogP contribution in [0.4, 0.5) is 5.82 Å². The van der Waals surface area contributed by atoms with Gasteiger partial charge in [0.15, 0.2) is 0 Å². The number of hydrogen-bond acceptors (Lipinski definition) is 4. The normalized spacial score (nSPS) is 10.7. The third-order valence-electron chi connectivity index (χ3n) is 3.60. The van der Waals surface area contributed by atoms with Crippen LogP contribution in [0.5, 0.6) is 5.75 Å². The fourth-order valence-corrected chi connectivity index (χ4v) is 3.33. The van der Waals surface area contributed by atoms with E-state index >= 15 is 0 Å². The first-order chi connectivity index (χ1) is 12.4. The molecule has 0 saturated carbocycles. The van der Waals surface area contributed by atoms with E-state index in [2.05, 4.69) is 21.5 Å². The summed E-state index contributed by atoms with van der Waals surface area (Å²) in [6.07, 6.45) is 1.53. The molecule has 3 rings (SSSR count). The summed E-state index contributed by atoms with van der Waals surface area (Å²) in [6.45, 7) is 1.78. The maximum Gasteiger partial charge on any atom is 0.263 e. The number of pyridine rings is 1. The molecule has 130 valence electrons. The molecule has 0 bridgehead atoms. The molecule has 0 amide bonds. The molecule has 0 fully saturated rings. The lowest BCUT2D eigenvalue weighted by atomic mass is 10.2. The highest BCUT2D eigenvalue weighted by Gasteiger charge is 2.16. The van der Waals surface area contributed by atoms with Gasteiger partial charge in [-0.05, 0) is 61.0 Å². The van der Waals surface area contributed by atoms with Gasteiger partial charge in [-0.2, -0.15) is 0 Å². The molecule has 0 aliphatic heterocycles. The van der Waals surface area contributed by atoms with Gasteiger partial charge in [-0.3, -0.25) is 4.72 Å². The zero-order valence-corrected chi connectivity index (χ0v) is 14.8. The SMILES string of the molecule is Cc1cccnc1NS(=O)(=O)c1cccc(C#Cc2ccc(O)cc2)c1. The average molecular weight is 364 g/mol. The molecule has 0 spiro atoms. The van der Waals surface area contributed by atoms with Crippen molar-refractivity contribution in [3.05, 3.63) is 83.6 Å². The predicted molar refractivity (Wildman–Crippen MR) is 100 cm³/mol. The van der Waals surface area contributed by atoms with Crippen molar-refractivity contribution in [2.45, 2.75) is 11.8 Å². The molecule has 0 unspecified atom stereocenters. The van der Waals surface area contributed by atoms with Crippen LogP contribution in [0.3, 0.4) is 0 Å². The second-order valence-corrected chi connectivity index (χ2v) is 7.28. The highest BCUT2D eigenvalue weighted by atomic mass is 32.2. The van der Waals surface area contributed by atoms with Crippen LogP contribution < -0.4 is 4.72 Å². The lowest BCUT2D eigenvalue weighted by Gasteiger charge is -2.09. The molecular weight excluding hydrogens is 348 g/mol. The molecule has 6 heteroatoms. The fraction of sp³-hybridized carbons (Fsp3) is 0.0500. The minimum Gasteiger partial charge on any atom is -0.508 e. The van der Waals surface area contributed by atoms with Crippen molar-refractivity contribution in [2.24, 2.45) is 0 Å². The van der Waals surface area contributed by atoms with Gasteiger partial charge in [-0.1, -0.05) is 24.0 Å². The summed E-state index contributed by atoms with van der Waals surface area (Å²) in [4.78, 5) is 4.17. The summed E-state index contributed by atoms with van der Waals surface area (Å²) in [5.41, 5.74) is 2.02. The van der Waals surface area contributed by atoms with Crippen molar-refractivity contribution in [3.63, 3.8) is 0 Å². The number of benzene rings is 2. The molecule has 2 N–H and O–H groups in total. The second kappa shape index (κ2) is 7.30. The zero-order valence-electron chi connectivity index (χ0n) is 14.0. The lowest BCUT2D eigenvalue weighted by Crippen LogP contribution is -2.14. The Bertz CT molecular complexity index is 1100. The number of phenolic OH excluding ortho intramolecular Hbond substituents is 1. The van der Waals surface area contributed by atoms with Crippen molar-refractivity contribution < 1.29 is 13.5 Å². The summed E-state index contributed by atoms with van der Waals surface area (Å²) < 4.78 is 27.7. The number of aryl methyl sites for hydroxylation is 1. The average Bonchev–Trinajstić information content (AvgIpc) is 2.63. The quantitative estimate of drug-likeness (QED) is 0.699. The monoisotopic (exact) mass is 364 g/mol. The van der Waals surface area contributed by atoms with Gasteiger partial charge in [0.2, 0.25) is 0 Å². The molecule has 0 saturated heterocycles. The standard InChI is InChI=1S/C20H16N2O3S/c1-15-4-3-13-21-20(15)22-26(24,25)19-6-2-5-17(14-19)8-7-16-9-11-18(23)12-10-16/h2-6,9-14,23H,1H3,(H,21,22). The number of anilines is 1. The Morgan fingerprint density at radius 3 is 2.42 bits per heavy atom. The molecule has 1 heterocycles. The van der Waals surface area contributed by atoms with Crippen LogP contribution in [0.15, 0.2) is 71.8 Å². The van der Waals surface area contributed by atoms with Crippen LogP contribution in [-0.2, 0) is 10.0 Å².